The van der Waals surface area contributed by atoms with Crippen LogP contribution in [-0.2, 0) is 9.53 Å². The average Bonchev–Trinajstić information content (AvgIpc) is 2.17. The molecular formula is C13H25BrO2. The molecule has 3 heteroatoms. The molecule has 0 aliphatic rings. The quantitative estimate of drug-likeness (QED) is 0.400. The summed E-state index contributed by atoms with van der Waals surface area (Å²) in [5, 5.41) is 0.874. The van der Waals surface area contributed by atoms with E-state index < -0.39 is 5.41 Å². The number of rotatable bonds is 7. The van der Waals surface area contributed by atoms with Gasteiger partial charge in [-0.15, -0.1) is 0 Å². The van der Waals surface area contributed by atoms with Gasteiger partial charge in [0.2, 0.25) is 0 Å². The number of alkyl halides is 1. The maximum atomic E-state index is 12.0. The zero-order chi connectivity index (χ0) is 12.8. The third-order valence-electron chi connectivity index (χ3n) is 3.59. The van der Waals surface area contributed by atoms with Crippen LogP contribution in [0.15, 0.2) is 0 Å². The Bertz CT molecular complexity index is 222. The summed E-state index contributed by atoms with van der Waals surface area (Å²) in [6.45, 7) is 10.9. The van der Waals surface area contributed by atoms with Crippen LogP contribution in [0.25, 0.3) is 0 Å². The minimum Gasteiger partial charge on any atom is -0.465 e. The first kappa shape index (κ1) is 16.0. The Kier molecular flexibility index (Phi) is 6.61. The number of esters is 1. The zero-order valence-corrected chi connectivity index (χ0v) is 12.8. The number of carbonyl (C=O) groups excluding carboxylic acids is 1. The molecule has 0 aromatic carbocycles. The molecule has 0 aromatic heterocycles. The van der Waals surface area contributed by atoms with E-state index in [-0.39, 0.29) is 11.4 Å². The van der Waals surface area contributed by atoms with Crippen molar-refractivity contribution < 1.29 is 9.53 Å². The second kappa shape index (κ2) is 6.63. The average molecular weight is 293 g/mol. The van der Waals surface area contributed by atoms with Crippen LogP contribution in [-0.4, -0.2) is 17.9 Å². The van der Waals surface area contributed by atoms with Gasteiger partial charge in [0.1, 0.15) is 0 Å². The molecular weight excluding hydrogens is 268 g/mol. The molecule has 0 atom stereocenters. The topological polar surface area (TPSA) is 26.3 Å². The summed E-state index contributed by atoms with van der Waals surface area (Å²) in [5.74, 6) is -0.0769. The van der Waals surface area contributed by atoms with Crippen molar-refractivity contribution in [3.05, 3.63) is 0 Å². The van der Waals surface area contributed by atoms with Crippen LogP contribution in [0.4, 0.5) is 0 Å². The second-order valence-electron chi connectivity index (χ2n) is 5.44. The van der Waals surface area contributed by atoms with E-state index in [0.29, 0.717) is 6.61 Å². The molecule has 0 radical (unpaired) electrons. The van der Waals surface area contributed by atoms with Gasteiger partial charge >= 0.3 is 5.97 Å². The molecule has 0 unspecified atom stereocenters. The molecule has 2 nitrogen and oxygen atoms in total. The van der Waals surface area contributed by atoms with E-state index in [1.165, 1.54) is 0 Å². The van der Waals surface area contributed by atoms with Crippen molar-refractivity contribution in [1.29, 1.82) is 0 Å². The smallest absolute Gasteiger partial charge is 0.312 e. The Morgan fingerprint density at radius 1 is 1.25 bits per heavy atom. The van der Waals surface area contributed by atoms with Gasteiger partial charge in [-0.25, -0.2) is 0 Å². The van der Waals surface area contributed by atoms with Gasteiger partial charge < -0.3 is 4.74 Å². The minimum absolute atomic E-state index is 0.0206. The van der Waals surface area contributed by atoms with E-state index in [9.17, 15) is 4.79 Å². The lowest BCUT2D eigenvalue weighted by atomic mass is 9.65. The lowest BCUT2D eigenvalue weighted by Crippen LogP contribution is -2.41. The number of hydrogen-bond acceptors (Lipinski definition) is 2. The van der Waals surface area contributed by atoms with Crippen molar-refractivity contribution in [3.63, 3.8) is 0 Å². The zero-order valence-electron chi connectivity index (χ0n) is 11.2. The summed E-state index contributed by atoms with van der Waals surface area (Å²) in [4.78, 5) is 12.0. The van der Waals surface area contributed by atoms with Crippen molar-refractivity contribution >= 4 is 21.9 Å². The van der Waals surface area contributed by atoms with E-state index in [1.54, 1.807) is 0 Å². The summed E-state index contributed by atoms with van der Waals surface area (Å²) < 4.78 is 5.31. The predicted octanol–water partition coefficient (Wildman–Crippen LogP) is 4.17. The van der Waals surface area contributed by atoms with Crippen molar-refractivity contribution in [1.82, 2.24) is 0 Å². The molecule has 0 bridgehead atoms. The molecule has 0 aliphatic heterocycles. The van der Waals surface area contributed by atoms with Crippen LogP contribution in [0.2, 0.25) is 0 Å². The van der Waals surface area contributed by atoms with Gasteiger partial charge in [-0.2, -0.15) is 0 Å². The lowest BCUT2D eigenvalue weighted by molar-refractivity contribution is -0.161. The van der Waals surface area contributed by atoms with Crippen LogP contribution >= 0.6 is 15.9 Å². The standard InChI is InChI=1S/C13H25BrO2/c1-6-8-12(2,3)13(4,5)11(15)16-10-7-9-14/h6-10H2,1-5H3. The molecule has 0 aliphatic carbocycles. The molecule has 0 heterocycles. The maximum absolute atomic E-state index is 12.0. The van der Waals surface area contributed by atoms with Crippen molar-refractivity contribution in [2.45, 2.75) is 53.9 Å². The van der Waals surface area contributed by atoms with E-state index in [2.05, 4.69) is 36.7 Å². The highest BCUT2D eigenvalue weighted by molar-refractivity contribution is 9.09. The van der Waals surface area contributed by atoms with Gasteiger partial charge in [0.15, 0.2) is 0 Å². The van der Waals surface area contributed by atoms with Crippen LogP contribution in [0, 0.1) is 10.8 Å². The first-order chi connectivity index (χ1) is 7.29. The summed E-state index contributed by atoms with van der Waals surface area (Å²) in [7, 11) is 0. The minimum atomic E-state index is -0.421. The van der Waals surface area contributed by atoms with Gasteiger partial charge in [0.25, 0.3) is 0 Å². The van der Waals surface area contributed by atoms with Gasteiger partial charge in [0.05, 0.1) is 12.0 Å². The maximum Gasteiger partial charge on any atom is 0.312 e. The van der Waals surface area contributed by atoms with Crippen LogP contribution < -0.4 is 0 Å². The molecule has 16 heavy (non-hydrogen) atoms. The summed E-state index contributed by atoms with van der Waals surface area (Å²) in [6.07, 6.45) is 2.99. The molecule has 0 saturated carbocycles. The van der Waals surface area contributed by atoms with Gasteiger partial charge in [0, 0.05) is 5.33 Å². The first-order valence-corrected chi connectivity index (χ1v) is 7.15. The number of hydrogen-bond donors (Lipinski definition) is 0. The Morgan fingerprint density at radius 2 is 1.81 bits per heavy atom. The van der Waals surface area contributed by atoms with Crippen molar-refractivity contribution in [3.8, 4) is 0 Å². The van der Waals surface area contributed by atoms with E-state index in [0.717, 1.165) is 24.6 Å². The van der Waals surface area contributed by atoms with Gasteiger partial charge in [-0.05, 0) is 32.1 Å². The second-order valence-corrected chi connectivity index (χ2v) is 6.23. The summed E-state index contributed by atoms with van der Waals surface area (Å²) >= 11 is 3.32. The van der Waals surface area contributed by atoms with E-state index in [1.807, 2.05) is 13.8 Å². The van der Waals surface area contributed by atoms with Crippen molar-refractivity contribution in [2.24, 2.45) is 10.8 Å². The number of ether oxygens (including phenoxy) is 1. The Morgan fingerprint density at radius 3 is 2.25 bits per heavy atom. The Hall–Kier alpha value is -0.0500. The fourth-order valence-corrected chi connectivity index (χ4v) is 1.84. The molecule has 0 amide bonds. The van der Waals surface area contributed by atoms with E-state index in [4.69, 9.17) is 4.74 Å². The highest BCUT2D eigenvalue weighted by Crippen LogP contribution is 2.43. The Balaban J connectivity index is 4.45. The SMILES string of the molecule is CCCC(C)(C)C(C)(C)C(=O)OCCCBr. The number of carbonyl (C=O) groups is 1. The number of halogens is 1. The molecule has 0 fully saturated rings. The molecule has 0 spiro atoms. The molecule has 0 rings (SSSR count). The first-order valence-electron chi connectivity index (χ1n) is 6.02. The molecule has 0 saturated heterocycles. The monoisotopic (exact) mass is 292 g/mol. The fraction of sp³-hybridized carbons (Fsp3) is 0.923. The van der Waals surface area contributed by atoms with E-state index >= 15 is 0 Å². The third kappa shape index (κ3) is 4.08. The Labute approximate surface area is 108 Å². The van der Waals surface area contributed by atoms with Crippen LogP contribution in [0.5, 0.6) is 0 Å². The van der Waals surface area contributed by atoms with Crippen molar-refractivity contribution in [2.75, 3.05) is 11.9 Å². The van der Waals surface area contributed by atoms with Gasteiger partial charge in [-0.3, -0.25) is 4.79 Å². The highest BCUT2D eigenvalue weighted by Gasteiger charge is 2.43. The van der Waals surface area contributed by atoms with Crippen LogP contribution in [0.3, 0.4) is 0 Å². The predicted molar refractivity (Wildman–Crippen MR) is 71.8 cm³/mol. The largest absolute Gasteiger partial charge is 0.465 e. The van der Waals surface area contributed by atoms with Gasteiger partial charge in [-0.1, -0.05) is 43.1 Å². The lowest BCUT2D eigenvalue weighted by Gasteiger charge is -2.39. The molecule has 0 N–H and O–H groups in total. The highest BCUT2D eigenvalue weighted by atomic mass is 79.9. The summed E-state index contributed by atoms with van der Waals surface area (Å²) in [6, 6.07) is 0. The molecule has 96 valence electrons. The third-order valence-corrected chi connectivity index (χ3v) is 4.15. The molecule has 0 aromatic rings. The fourth-order valence-electron chi connectivity index (χ4n) is 1.61. The normalized spacial score (nSPS) is 12.6. The van der Waals surface area contributed by atoms with Crippen LogP contribution in [0.1, 0.15) is 53.9 Å². The summed E-state index contributed by atoms with van der Waals surface area (Å²) in [5.41, 5.74) is -0.442.